The number of amides is 1. The maximum absolute atomic E-state index is 13.9. The number of pyridine rings is 1. The van der Waals surface area contributed by atoms with E-state index in [1.54, 1.807) is 38.4 Å². The van der Waals surface area contributed by atoms with Crippen LogP contribution in [0.25, 0.3) is 17.1 Å². The summed E-state index contributed by atoms with van der Waals surface area (Å²) in [5.41, 5.74) is 2.54. The van der Waals surface area contributed by atoms with Crippen LogP contribution >= 0.6 is 11.8 Å². The molecule has 1 amide bonds. The lowest BCUT2D eigenvalue weighted by Crippen LogP contribution is -2.23. The number of carbonyl (C=O) groups excluding carboxylic acids is 1. The third kappa shape index (κ3) is 5.26. The van der Waals surface area contributed by atoms with Gasteiger partial charge in [0.1, 0.15) is 11.6 Å². The predicted molar refractivity (Wildman–Crippen MR) is 131 cm³/mol. The molecule has 34 heavy (non-hydrogen) atoms. The van der Waals surface area contributed by atoms with Crippen molar-refractivity contribution in [1.29, 1.82) is 0 Å². The number of hydrogen-bond donors (Lipinski definition) is 1. The molecule has 4 rings (SSSR count). The van der Waals surface area contributed by atoms with Crippen LogP contribution in [0.2, 0.25) is 0 Å². The van der Waals surface area contributed by atoms with Gasteiger partial charge in [-0.3, -0.25) is 14.3 Å². The Morgan fingerprint density at radius 2 is 1.97 bits per heavy atom. The molecule has 0 fully saturated rings. The van der Waals surface area contributed by atoms with Gasteiger partial charge >= 0.3 is 0 Å². The van der Waals surface area contributed by atoms with Crippen LogP contribution in [0.15, 0.2) is 72.1 Å². The monoisotopic (exact) mass is 477 g/mol. The van der Waals surface area contributed by atoms with E-state index in [1.165, 1.54) is 17.8 Å². The summed E-state index contributed by atoms with van der Waals surface area (Å²) in [6.07, 6.45) is 3.41. The fraction of sp³-hybridized carbons (Fsp3) is 0.200. The van der Waals surface area contributed by atoms with Crippen LogP contribution < -0.4 is 10.1 Å². The molecular weight excluding hydrogens is 453 g/mol. The SMILES string of the molecule is CCOc1ccc(-n2c(SC(C)C(=O)Nc3ccc(C)c(F)c3)nnc2-c2cccnc2)cc1. The molecule has 1 atom stereocenters. The predicted octanol–water partition coefficient (Wildman–Crippen LogP) is 5.29. The highest BCUT2D eigenvalue weighted by atomic mass is 32.2. The summed E-state index contributed by atoms with van der Waals surface area (Å²) in [6.45, 7) is 5.95. The van der Waals surface area contributed by atoms with Gasteiger partial charge in [0.15, 0.2) is 11.0 Å². The minimum atomic E-state index is -0.517. The third-order valence-corrected chi connectivity index (χ3v) is 6.09. The molecule has 7 nitrogen and oxygen atoms in total. The van der Waals surface area contributed by atoms with Crippen molar-refractivity contribution in [3.8, 4) is 22.8 Å². The van der Waals surface area contributed by atoms with E-state index in [9.17, 15) is 9.18 Å². The number of aromatic nitrogens is 4. The Kier molecular flexibility index (Phi) is 7.22. The fourth-order valence-corrected chi connectivity index (χ4v) is 4.11. The zero-order valence-corrected chi connectivity index (χ0v) is 19.8. The molecular formula is C25H24FN5O2S. The van der Waals surface area contributed by atoms with Gasteiger partial charge in [-0.15, -0.1) is 10.2 Å². The second-order valence-electron chi connectivity index (χ2n) is 7.52. The summed E-state index contributed by atoms with van der Waals surface area (Å²) >= 11 is 1.26. The van der Waals surface area contributed by atoms with Crippen LogP contribution in [0.3, 0.4) is 0 Å². The summed E-state index contributed by atoms with van der Waals surface area (Å²) < 4.78 is 21.3. The van der Waals surface area contributed by atoms with Crippen molar-refractivity contribution in [1.82, 2.24) is 19.7 Å². The molecule has 2 aromatic carbocycles. The van der Waals surface area contributed by atoms with Gasteiger partial charge in [-0.1, -0.05) is 17.8 Å². The lowest BCUT2D eigenvalue weighted by atomic mass is 10.2. The van der Waals surface area contributed by atoms with Gasteiger partial charge in [0.25, 0.3) is 0 Å². The molecule has 2 heterocycles. The summed E-state index contributed by atoms with van der Waals surface area (Å²) in [6, 6.07) is 15.9. The van der Waals surface area contributed by atoms with Crippen LogP contribution in [-0.2, 0) is 4.79 Å². The van der Waals surface area contributed by atoms with E-state index >= 15 is 0 Å². The van der Waals surface area contributed by atoms with Crippen molar-refractivity contribution >= 4 is 23.4 Å². The average Bonchev–Trinajstić information content (AvgIpc) is 3.26. The van der Waals surface area contributed by atoms with Crippen LogP contribution in [0.1, 0.15) is 19.4 Å². The van der Waals surface area contributed by atoms with Crippen molar-refractivity contribution in [3.05, 3.63) is 78.4 Å². The first-order valence-electron chi connectivity index (χ1n) is 10.8. The zero-order valence-electron chi connectivity index (χ0n) is 19.0. The molecule has 174 valence electrons. The minimum absolute atomic E-state index is 0.266. The van der Waals surface area contributed by atoms with Gasteiger partial charge in [-0.05, 0) is 74.9 Å². The van der Waals surface area contributed by atoms with Crippen LogP contribution in [-0.4, -0.2) is 37.5 Å². The molecule has 9 heteroatoms. The molecule has 1 N–H and O–H groups in total. The van der Waals surface area contributed by atoms with Crippen molar-refractivity contribution in [2.75, 3.05) is 11.9 Å². The van der Waals surface area contributed by atoms with Crippen molar-refractivity contribution in [3.63, 3.8) is 0 Å². The molecule has 4 aromatic rings. The number of anilines is 1. The molecule has 0 aliphatic heterocycles. The lowest BCUT2D eigenvalue weighted by Gasteiger charge is -2.14. The number of thioether (sulfide) groups is 1. The number of nitrogens with one attached hydrogen (secondary N) is 1. The molecule has 0 saturated heterocycles. The van der Waals surface area contributed by atoms with E-state index in [0.29, 0.717) is 28.8 Å². The minimum Gasteiger partial charge on any atom is -0.494 e. The van der Waals surface area contributed by atoms with E-state index in [1.807, 2.05) is 47.9 Å². The second kappa shape index (κ2) is 10.5. The summed E-state index contributed by atoms with van der Waals surface area (Å²) in [7, 11) is 0. The van der Waals surface area contributed by atoms with Crippen LogP contribution in [0.5, 0.6) is 5.75 Å². The largest absolute Gasteiger partial charge is 0.494 e. The number of benzene rings is 2. The smallest absolute Gasteiger partial charge is 0.237 e. The van der Waals surface area contributed by atoms with Gasteiger partial charge < -0.3 is 10.1 Å². The van der Waals surface area contributed by atoms with E-state index in [2.05, 4.69) is 20.5 Å². The van der Waals surface area contributed by atoms with E-state index < -0.39 is 5.25 Å². The number of nitrogens with zero attached hydrogens (tertiary/aromatic N) is 4. The van der Waals surface area contributed by atoms with E-state index in [4.69, 9.17) is 4.74 Å². The highest BCUT2D eigenvalue weighted by Crippen LogP contribution is 2.31. The van der Waals surface area contributed by atoms with Crippen LogP contribution in [0, 0.1) is 12.7 Å². The number of aryl methyl sites for hydroxylation is 1. The highest BCUT2D eigenvalue weighted by molar-refractivity contribution is 8.00. The third-order valence-electron chi connectivity index (χ3n) is 5.05. The Hall–Kier alpha value is -3.72. The highest BCUT2D eigenvalue weighted by Gasteiger charge is 2.22. The normalized spacial score (nSPS) is 11.8. The first-order chi connectivity index (χ1) is 16.5. The molecule has 1 unspecified atom stereocenters. The first kappa shape index (κ1) is 23.4. The summed E-state index contributed by atoms with van der Waals surface area (Å²) in [5, 5.41) is 11.5. The zero-order chi connectivity index (χ0) is 24.1. The van der Waals surface area contributed by atoms with Gasteiger partial charge in [-0.2, -0.15) is 0 Å². The molecule has 2 aromatic heterocycles. The van der Waals surface area contributed by atoms with E-state index in [-0.39, 0.29) is 11.7 Å². The van der Waals surface area contributed by atoms with Gasteiger partial charge in [0, 0.05) is 29.3 Å². The number of hydrogen-bond acceptors (Lipinski definition) is 6. The first-order valence-corrected chi connectivity index (χ1v) is 11.7. The molecule has 0 bridgehead atoms. The standard InChI is InChI=1S/C25H24FN5O2S/c1-4-33-21-11-9-20(10-12-21)31-23(18-6-5-13-27-15-18)29-30-25(31)34-17(3)24(32)28-19-8-7-16(2)22(26)14-19/h5-15,17H,4H2,1-3H3,(H,28,32). The Balaban J connectivity index is 1.62. The summed E-state index contributed by atoms with van der Waals surface area (Å²) in [4.78, 5) is 17.0. The maximum atomic E-state index is 13.9. The fourth-order valence-electron chi connectivity index (χ4n) is 3.25. The van der Waals surface area contributed by atoms with Crippen molar-refractivity contribution in [2.45, 2.75) is 31.2 Å². The lowest BCUT2D eigenvalue weighted by molar-refractivity contribution is -0.115. The van der Waals surface area contributed by atoms with Gasteiger partial charge in [0.05, 0.1) is 11.9 Å². The van der Waals surface area contributed by atoms with Gasteiger partial charge in [-0.25, -0.2) is 4.39 Å². The number of ether oxygens (including phenoxy) is 1. The Morgan fingerprint density at radius 1 is 1.18 bits per heavy atom. The Labute approximate surface area is 201 Å². The molecule has 0 aliphatic rings. The average molecular weight is 478 g/mol. The maximum Gasteiger partial charge on any atom is 0.237 e. The number of carbonyl (C=O) groups is 1. The summed E-state index contributed by atoms with van der Waals surface area (Å²) in [5.74, 6) is 0.731. The Bertz CT molecular complexity index is 1280. The topological polar surface area (TPSA) is 81.9 Å². The van der Waals surface area contributed by atoms with Crippen molar-refractivity contribution in [2.24, 2.45) is 0 Å². The molecule has 0 radical (unpaired) electrons. The number of rotatable bonds is 8. The second-order valence-corrected chi connectivity index (χ2v) is 8.83. The molecule has 0 saturated carbocycles. The molecule has 0 aliphatic carbocycles. The van der Waals surface area contributed by atoms with Crippen molar-refractivity contribution < 1.29 is 13.9 Å². The van der Waals surface area contributed by atoms with Gasteiger partial charge in [0.2, 0.25) is 5.91 Å². The van der Waals surface area contributed by atoms with Crippen LogP contribution in [0.4, 0.5) is 10.1 Å². The quantitative estimate of drug-likeness (QED) is 0.347. The molecule has 0 spiro atoms. The Morgan fingerprint density at radius 3 is 2.65 bits per heavy atom. The number of halogens is 1. The van der Waals surface area contributed by atoms with E-state index in [0.717, 1.165) is 17.0 Å².